The van der Waals surface area contributed by atoms with E-state index in [-0.39, 0.29) is 12.6 Å². The molecule has 4 heteroatoms. The SMILES string of the molecule is OC[C@@H](Cc1ccccc1)NCc1cnc2ccccn12. The molecule has 0 aliphatic heterocycles. The fourth-order valence-electron chi connectivity index (χ4n) is 2.46. The maximum Gasteiger partial charge on any atom is 0.136 e. The van der Waals surface area contributed by atoms with Gasteiger partial charge in [0.25, 0.3) is 0 Å². The summed E-state index contributed by atoms with van der Waals surface area (Å²) in [5, 5.41) is 12.9. The van der Waals surface area contributed by atoms with Gasteiger partial charge in [-0.1, -0.05) is 36.4 Å². The van der Waals surface area contributed by atoms with Crippen molar-refractivity contribution in [1.82, 2.24) is 14.7 Å². The third kappa shape index (κ3) is 3.29. The molecule has 0 radical (unpaired) electrons. The number of fused-ring (bicyclic) bond motifs is 1. The summed E-state index contributed by atoms with van der Waals surface area (Å²) in [4.78, 5) is 4.37. The molecule has 4 nitrogen and oxygen atoms in total. The van der Waals surface area contributed by atoms with E-state index in [4.69, 9.17) is 0 Å². The van der Waals surface area contributed by atoms with Crippen molar-refractivity contribution in [2.75, 3.05) is 6.61 Å². The van der Waals surface area contributed by atoms with Crippen LogP contribution in [0.5, 0.6) is 0 Å². The van der Waals surface area contributed by atoms with Crippen LogP contribution in [-0.2, 0) is 13.0 Å². The second kappa shape index (κ2) is 6.52. The van der Waals surface area contributed by atoms with Crippen LogP contribution >= 0.6 is 0 Å². The zero-order chi connectivity index (χ0) is 14.5. The second-order valence-electron chi connectivity index (χ2n) is 5.13. The molecule has 3 aromatic rings. The van der Waals surface area contributed by atoms with Gasteiger partial charge in [0.2, 0.25) is 0 Å². The Hall–Kier alpha value is -2.17. The Kier molecular flexibility index (Phi) is 4.28. The summed E-state index contributed by atoms with van der Waals surface area (Å²) in [5.74, 6) is 0. The highest BCUT2D eigenvalue weighted by molar-refractivity contribution is 5.39. The summed E-state index contributed by atoms with van der Waals surface area (Å²) in [5.41, 5.74) is 3.26. The van der Waals surface area contributed by atoms with Crippen molar-refractivity contribution >= 4 is 5.65 Å². The van der Waals surface area contributed by atoms with Crippen LogP contribution in [0.3, 0.4) is 0 Å². The van der Waals surface area contributed by atoms with Crippen LogP contribution in [0.4, 0.5) is 0 Å². The lowest BCUT2D eigenvalue weighted by atomic mass is 10.1. The Morgan fingerprint density at radius 2 is 1.90 bits per heavy atom. The van der Waals surface area contributed by atoms with Gasteiger partial charge < -0.3 is 14.8 Å². The number of imidazole rings is 1. The number of hydrogen-bond acceptors (Lipinski definition) is 3. The predicted molar refractivity (Wildman–Crippen MR) is 83.1 cm³/mol. The Morgan fingerprint density at radius 1 is 1.10 bits per heavy atom. The van der Waals surface area contributed by atoms with Crippen LogP contribution in [0.1, 0.15) is 11.3 Å². The fraction of sp³-hybridized carbons (Fsp3) is 0.235. The predicted octanol–water partition coefficient (Wildman–Crippen LogP) is 2.03. The lowest BCUT2D eigenvalue weighted by molar-refractivity contribution is 0.240. The number of aromatic nitrogens is 2. The van der Waals surface area contributed by atoms with Crippen LogP contribution in [0.25, 0.3) is 5.65 Å². The molecule has 3 rings (SSSR count). The Morgan fingerprint density at radius 3 is 2.71 bits per heavy atom. The quantitative estimate of drug-likeness (QED) is 0.727. The molecular weight excluding hydrogens is 262 g/mol. The first kappa shape index (κ1) is 13.8. The largest absolute Gasteiger partial charge is 0.395 e. The molecule has 2 heterocycles. The maximum atomic E-state index is 9.54. The molecule has 0 saturated heterocycles. The fourth-order valence-corrected chi connectivity index (χ4v) is 2.46. The summed E-state index contributed by atoms with van der Waals surface area (Å²) < 4.78 is 2.06. The number of pyridine rings is 1. The van der Waals surface area contributed by atoms with Crippen LogP contribution in [0, 0.1) is 0 Å². The van der Waals surface area contributed by atoms with E-state index in [1.165, 1.54) is 5.56 Å². The van der Waals surface area contributed by atoms with Crippen molar-refractivity contribution in [3.05, 3.63) is 72.2 Å². The molecule has 21 heavy (non-hydrogen) atoms. The van der Waals surface area contributed by atoms with Crippen LogP contribution in [-0.4, -0.2) is 27.1 Å². The first-order valence-corrected chi connectivity index (χ1v) is 7.16. The van der Waals surface area contributed by atoms with E-state index >= 15 is 0 Å². The molecule has 0 amide bonds. The average Bonchev–Trinajstić information content (AvgIpc) is 2.96. The molecule has 0 spiro atoms. The molecule has 2 N–H and O–H groups in total. The van der Waals surface area contributed by atoms with Gasteiger partial charge in [0, 0.05) is 18.8 Å². The number of nitrogens with one attached hydrogen (secondary N) is 1. The summed E-state index contributed by atoms with van der Waals surface area (Å²) in [7, 11) is 0. The lowest BCUT2D eigenvalue weighted by Crippen LogP contribution is -2.34. The maximum absolute atomic E-state index is 9.54. The number of nitrogens with zero attached hydrogens (tertiary/aromatic N) is 2. The number of rotatable bonds is 6. The molecule has 0 aliphatic carbocycles. The first-order valence-electron chi connectivity index (χ1n) is 7.16. The molecule has 0 saturated carbocycles. The Bertz CT molecular complexity index is 693. The van der Waals surface area contributed by atoms with Gasteiger partial charge in [-0.3, -0.25) is 0 Å². The highest BCUT2D eigenvalue weighted by Crippen LogP contribution is 2.07. The summed E-state index contributed by atoms with van der Waals surface area (Å²) in [6.07, 6.45) is 4.69. The van der Waals surface area contributed by atoms with Gasteiger partial charge in [-0.05, 0) is 24.1 Å². The normalized spacial score (nSPS) is 12.6. The molecule has 2 aromatic heterocycles. The topological polar surface area (TPSA) is 49.6 Å². The third-order valence-electron chi connectivity index (χ3n) is 3.61. The van der Waals surface area contributed by atoms with Gasteiger partial charge >= 0.3 is 0 Å². The minimum atomic E-state index is 0.0432. The van der Waals surface area contributed by atoms with E-state index in [0.717, 1.165) is 17.8 Å². The van der Waals surface area contributed by atoms with E-state index in [1.54, 1.807) is 0 Å². The molecule has 1 aromatic carbocycles. The molecule has 0 fully saturated rings. The zero-order valence-corrected chi connectivity index (χ0v) is 11.8. The summed E-state index contributed by atoms with van der Waals surface area (Å²) in [6, 6.07) is 16.2. The third-order valence-corrected chi connectivity index (χ3v) is 3.61. The smallest absolute Gasteiger partial charge is 0.136 e. The van der Waals surface area contributed by atoms with Crippen LogP contribution < -0.4 is 5.32 Å². The number of benzene rings is 1. The number of aliphatic hydroxyl groups excluding tert-OH is 1. The van der Waals surface area contributed by atoms with Gasteiger partial charge in [-0.2, -0.15) is 0 Å². The van der Waals surface area contributed by atoms with E-state index in [9.17, 15) is 5.11 Å². The van der Waals surface area contributed by atoms with Crippen molar-refractivity contribution in [2.24, 2.45) is 0 Å². The van der Waals surface area contributed by atoms with Gasteiger partial charge in [0.05, 0.1) is 18.5 Å². The van der Waals surface area contributed by atoms with Gasteiger partial charge in [-0.15, -0.1) is 0 Å². The number of hydrogen-bond donors (Lipinski definition) is 2. The molecule has 0 bridgehead atoms. The summed E-state index contributed by atoms with van der Waals surface area (Å²) in [6.45, 7) is 0.800. The van der Waals surface area contributed by atoms with Crippen LogP contribution in [0.2, 0.25) is 0 Å². The molecule has 108 valence electrons. The molecule has 1 atom stereocenters. The van der Waals surface area contributed by atoms with E-state index in [1.807, 2.05) is 48.8 Å². The minimum absolute atomic E-state index is 0.0432. The molecule has 0 aliphatic rings. The van der Waals surface area contributed by atoms with Crippen molar-refractivity contribution < 1.29 is 5.11 Å². The standard InChI is InChI=1S/C17H19N3O/c21-13-15(10-14-6-2-1-3-7-14)18-11-16-12-19-17-8-4-5-9-20(16)17/h1-9,12,15,18,21H,10-11,13H2/t15-/m1/s1. The highest BCUT2D eigenvalue weighted by atomic mass is 16.3. The minimum Gasteiger partial charge on any atom is -0.395 e. The molecular formula is C17H19N3O. The Balaban J connectivity index is 1.65. The molecule has 0 unspecified atom stereocenters. The number of aliphatic hydroxyl groups is 1. The van der Waals surface area contributed by atoms with Gasteiger partial charge in [0.15, 0.2) is 0 Å². The second-order valence-corrected chi connectivity index (χ2v) is 5.13. The van der Waals surface area contributed by atoms with E-state index < -0.39 is 0 Å². The average molecular weight is 281 g/mol. The first-order chi connectivity index (χ1) is 10.4. The van der Waals surface area contributed by atoms with Crippen LogP contribution in [0.15, 0.2) is 60.9 Å². The van der Waals surface area contributed by atoms with Crippen molar-refractivity contribution in [1.29, 1.82) is 0 Å². The lowest BCUT2D eigenvalue weighted by Gasteiger charge is -2.16. The van der Waals surface area contributed by atoms with Crippen molar-refractivity contribution in [2.45, 2.75) is 19.0 Å². The van der Waals surface area contributed by atoms with E-state index in [0.29, 0.717) is 6.54 Å². The van der Waals surface area contributed by atoms with Crippen molar-refractivity contribution in [3.8, 4) is 0 Å². The van der Waals surface area contributed by atoms with Gasteiger partial charge in [0.1, 0.15) is 5.65 Å². The van der Waals surface area contributed by atoms with Gasteiger partial charge in [-0.25, -0.2) is 4.98 Å². The summed E-state index contributed by atoms with van der Waals surface area (Å²) >= 11 is 0. The monoisotopic (exact) mass is 281 g/mol. The Labute approximate surface area is 124 Å². The van der Waals surface area contributed by atoms with Crippen molar-refractivity contribution in [3.63, 3.8) is 0 Å². The van der Waals surface area contributed by atoms with E-state index in [2.05, 4.69) is 26.8 Å². The highest BCUT2D eigenvalue weighted by Gasteiger charge is 2.09. The zero-order valence-electron chi connectivity index (χ0n) is 11.8.